The van der Waals surface area contributed by atoms with Crippen molar-refractivity contribution < 1.29 is 13.1 Å². The summed E-state index contributed by atoms with van der Waals surface area (Å²) in [5, 5.41) is 11.3. The quantitative estimate of drug-likeness (QED) is 0.446. The Kier molecular flexibility index (Phi) is 5.36. The standard InChI is InChI=1S/C15H16BrNO3S/c16-14-9-2-1-7-13(14)8-4-6-12-21(19,20)15-10-3-5-11-17(15)18/h1-3,5,7,9-11H,4,6,8,12H2. The first-order valence-electron chi connectivity index (χ1n) is 6.65. The summed E-state index contributed by atoms with van der Waals surface area (Å²) in [6.45, 7) is 0. The van der Waals surface area contributed by atoms with Crippen LogP contribution >= 0.6 is 15.9 Å². The number of halogens is 1. The second-order valence-corrected chi connectivity index (χ2v) is 7.64. The Morgan fingerprint density at radius 3 is 2.48 bits per heavy atom. The number of nitrogens with zero attached hydrogens (tertiary/aromatic N) is 1. The van der Waals surface area contributed by atoms with E-state index in [4.69, 9.17) is 0 Å². The third-order valence-electron chi connectivity index (χ3n) is 3.17. The molecule has 1 aromatic carbocycles. The largest absolute Gasteiger partial charge is 0.618 e. The smallest absolute Gasteiger partial charge is 0.308 e. The van der Waals surface area contributed by atoms with Gasteiger partial charge in [-0.05, 0) is 37.0 Å². The first-order chi connectivity index (χ1) is 10.0. The molecule has 1 aromatic heterocycles. The summed E-state index contributed by atoms with van der Waals surface area (Å²) in [6.07, 6.45) is 3.29. The van der Waals surface area contributed by atoms with Crippen molar-refractivity contribution in [2.24, 2.45) is 0 Å². The highest BCUT2D eigenvalue weighted by Crippen LogP contribution is 2.18. The highest BCUT2D eigenvalue weighted by molar-refractivity contribution is 9.10. The van der Waals surface area contributed by atoms with Gasteiger partial charge in [0.15, 0.2) is 6.20 Å². The van der Waals surface area contributed by atoms with E-state index < -0.39 is 9.84 Å². The lowest BCUT2D eigenvalue weighted by molar-refractivity contribution is -0.646. The van der Waals surface area contributed by atoms with Crippen LogP contribution in [-0.4, -0.2) is 14.2 Å². The molecule has 2 aromatic rings. The molecule has 0 aliphatic carbocycles. The number of benzene rings is 1. The van der Waals surface area contributed by atoms with Crippen LogP contribution in [0.3, 0.4) is 0 Å². The molecule has 0 bridgehead atoms. The van der Waals surface area contributed by atoms with E-state index in [1.807, 2.05) is 24.3 Å². The minimum Gasteiger partial charge on any atom is -0.618 e. The van der Waals surface area contributed by atoms with Crippen molar-refractivity contribution in [3.05, 3.63) is 63.9 Å². The number of aryl methyl sites for hydroxylation is 1. The van der Waals surface area contributed by atoms with Crippen LogP contribution in [0.1, 0.15) is 18.4 Å². The van der Waals surface area contributed by atoms with Gasteiger partial charge >= 0.3 is 5.03 Å². The van der Waals surface area contributed by atoms with Crippen LogP contribution < -0.4 is 4.73 Å². The monoisotopic (exact) mass is 369 g/mol. The van der Waals surface area contributed by atoms with Crippen molar-refractivity contribution in [3.63, 3.8) is 0 Å². The van der Waals surface area contributed by atoms with Gasteiger partial charge in [0.2, 0.25) is 9.84 Å². The van der Waals surface area contributed by atoms with E-state index in [0.717, 1.165) is 22.9 Å². The predicted molar refractivity (Wildman–Crippen MR) is 84.5 cm³/mol. The molecule has 0 amide bonds. The molecule has 0 aliphatic heterocycles. The van der Waals surface area contributed by atoms with Crippen LogP contribution in [0.25, 0.3) is 0 Å². The fourth-order valence-corrected chi connectivity index (χ4v) is 3.96. The Hall–Kier alpha value is -1.40. The average Bonchev–Trinajstić information content (AvgIpc) is 2.45. The minimum absolute atomic E-state index is 0.0102. The zero-order valence-corrected chi connectivity index (χ0v) is 13.8. The van der Waals surface area contributed by atoms with Gasteiger partial charge in [-0.2, -0.15) is 4.73 Å². The Morgan fingerprint density at radius 1 is 1.05 bits per heavy atom. The summed E-state index contributed by atoms with van der Waals surface area (Å²) < 4.78 is 25.6. The topological polar surface area (TPSA) is 61.1 Å². The number of sulfone groups is 1. The molecule has 0 saturated heterocycles. The van der Waals surface area contributed by atoms with Crippen molar-refractivity contribution in [1.29, 1.82) is 0 Å². The average molecular weight is 370 g/mol. The Bertz CT molecular complexity index is 716. The molecule has 0 spiro atoms. The van der Waals surface area contributed by atoms with E-state index in [1.54, 1.807) is 6.07 Å². The molecule has 2 rings (SSSR count). The van der Waals surface area contributed by atoms with Crippen LogP contribution in [0, 0.1) is 5.21 Å². The maximum Gasteiger partial charge on any atom is 0.308 e. The van der Waals surface area contributed by atoms with E-state index in [0.29, 0.717) is 11.2 Å². The number of unbranched alkanes of at least 4 members (excludes halogenated alkanes) is 1. The van der Waals surface area contributed by atoms with Crippen molar-refractivity contribution in [2.45, 2.75) is 24.3 Å². The van der Waals surface area contributed by atoms with Gasteiger partial charge in [-0.3, -0.25) is 0 Å². The third kappa shape index (κ3) is 4.28. The van der Waals surface area contributed by atoms with Crippen molar-refractivity contribution in [3.8, 4) is 0 Å². The van der Waals surface area contributed by atoms with E-state index in [-0.39, 0.29) is 10.8 Å². The second-order valence-electron chi connectivity index (χ2n) is 4.73. The van der Waals surface area contributed by atoms with Gasteiger partial charge in [-0.1, -0.05) is 34.1 Å². The number of hydrogen-bond acceptors (Lipinski definition) is 3. The van der Waals surface area contributed by atoms with Crippen molar-refractivity contribution >= 4 is 25.8 Å². The van der Waals surface area contributed by atoms with Crippen LogP contribution in [0.5, 0.6) is 0 Å². The van der Waals surface area contributed by atoms with Gasteiger partial charge < -0.3 is 5.21 Å². The molecular weight excluding hydrogens is 354 g/mol. The molecule has 0 aliphatic rings. The van der Waals surface area contributed by atoms with Crippen molar-refractivity contribution in [2.75, 3.05) is 5.75 Å². The fourth-order valence-electron chi connectivity index (χ4n) is 2.07. The van der Waals surface area contributed by atoms with E-state index >= 15 is 0 Å². The fraction of sp³-hybridized carbons (Fsp3) is 0.267. The molecule has 6 heteroatoms. The first kappa shape index (κ1) is 16.0. The maximum atomic E-state index is 12.1. The second kappa shape index (κ2) is 7.04. The highest BCUT2D eigenvalue weighted by atomic mass is 79.9. The van der Waals surface area contributed by atoms with Crippen LogP contribution in [0.15, 0.2) is 58.2 Å². The zero-order chi connectivity index (χ0) is 15.3. The van der Waals surface area contributed by atoms with Crippen molar-refractivity contribution in [1.82, 2.24) is 0 Å². The van der Waals surface area contributed by atoms with Gasteiger partial charge in [0.1, 0.15) is 0 Å². The van der Waals surface area contributed by atoms with Gasteiger partial charge in [0, 0.05) is 16.6 Å². The zero-order valence-electron chi connectivity index (χ0n) is 11.4. The number of aromatic nitrogens is 1. The molecule has 4 nitrogen and oxygen atoms in total. The molecule has 112 valence electrons. The SMILES string of the molecule is O=S(=O)(CCCCc1ccccc1Br)c1cccc[n+]1[O-]. The van der Waals surface area contributed by atoms with E-state index in [2.05, 4.69) is 15.9 Å². The predicted octanol–water partition coefficient (Wildman–Crippen LogP) is 2.88. The van der Waals surface area contributed by atoms with Gasteiger partial charge in [0.05, 0.1) is 5.75 Å². The summed E-state index contributed by atoms with van der Waals surface area (Å²) in [6, 6.07) is 12.3. The molecule has 0 atom stereocenters. The number of hydrogen-bond donors (Lipinski definition) is 0. The van der Waals surface area contributed by atoms with Crippen LogP contribution in [-0.2, 0) is 16.3 Å². The Balaban J connectivity index is 1.92. The van der Waals surface area contributed by atoms with Gasteiger partial charge in [-0.15, -0.1) is 0 Å². The van der Waals surface area contributed by atoms with E-state index in [1.165, 1.54) is 18.3 Å². The molecule has 0 N–H and O–H groups in total. The van der Waals surface area contributed by atoms with Crippen LogP contribution in [0.4, 0.5) is 0 Å². The first-order valence-corrected chi connectivity index (χ1v) is 9.09. The van der Waals surface area contributed by atoms with Crippen LogP contribution in [0.2, 0.25) is 0 Å². The van der Waals surface area contributed by atoms with E-state index in [9.17, 15) is 13.6 Å². The Labute approximate surface area is 133 Å². The highest BCUT2D eigenvalue weighted by Gasteiger charge is 2.22. The summed E-state index contributed by atoms with van der Waals surface area (Å²) in [4.78, 5) is 0. The third-order valence-corrected chi connectivity index (χ3v) is 5.73. The molecule has 0 fully saturated rings. The number of pyridine rings is 1. The molecule has 1 heterocycles. The molecule has 21 heavy (non-hydrogen) atoms. The molecule has 0 unspecified atom stereocenters. The molecule has 0 saturated carbocycles. The minimum atomic E-state index is -3.52. The summed E-state index contributed by atoms with van der Waals surface area (Å²) in [5.74, 6) is -0.0102. The van der Waals surface area contributed by atoms with Gasteiger partial charge in [-0.25, -0.2) is 8.42 Å². The lowest BCUT2D eigenvalue weighted by Crippen LogP contribution is -2.34. The lowest BCUT2D eigenvalue weighted by Gasteiger charge is -2.06. The summed E-state index contributed by atoms with van der Waals surface area (Å²) in [7, 11) is -3.52. The van der Waals surface area contributed by atoms with Gasteiger partial charge in [0.25, 0.3) is 0 Å². The summed E-state index contributed by atoms with van der Waals surface area (Å²) in [5.41, 5.74) is 1.16. The molecular formula is C15H16BrNO3S. The number of rotatable bonds is 6. The lowest BCUT2D eigenvalue weighted by atomic mass is 10.1. The maximum absolute atomic E-state index is 12.1. The summed E-state index contributed by atoms with van der Waals surface area (Å²) >= 11 is 3.47. The normalized spacial score (nSPS) is 11.5. The Morgan fingerprint density at radius 2 is 1.76 bits per heavy atom. The molecule has 0 radical (unpaired) electrons.